The lowest BCUT2D eigenvalue weighted by Gasteiger charge is -2.20. The molecule has 0 unspecified atom stereocenters. The molecule has 0 atom stereocenters. The Morgan fingerprint density at radius 3 is 2.40 bits per heavy atom. The minimum Gasteiger partial charge on any atom is -0.443 e. The van der Waals surface area contributed by atoms with Crippen molar-refractivity contribution >= 4 is 17.1 Å². The zero-order valence-electron chi connectivity index (χ0n) is 14.5. The molecule has 0 amide bonds. The summed E-state index contributed by atoms with van der Waals surface area (Å²) in [5, 5.41) is 0. The smallest absolute Gasteiger partial charge is 0.420 e. The van der Waals surface area contributed by atoms with Gasteiger partial charge in [-0.1, -0.05) is 6.92 Å². The standard InChI is InChI=1S/C17H20F4N2O2/c1-5-13-22-14-10(6-7-17(19,20)21)8-11(18)9-12(14)23(13)15(24)25-16(2,3)4/h8-9H,5-7H2,1-4H3. The van der Waals surface area contributed by atoms with Crippen molar-refractivity contribution in [3.63, 3.8) is 0 Å². The quantitative estimate of drug-likeness (QED) is 0.722. The van der Waals surface area contributed by atoms with Gasteiger partial charge in [0, 0.05) is 18.9 Å². The number of ether oxygens (including phenoxy) is 1. The fourth-order valence-corrected chi connectivity index (χ4v) is 2.47. The van der Waals surface area contributed by atoms with E-state index in [1.54, 1.807) is 27.7 Å². The molecule has 8 heteroatoms. The molecule has 25 heavy (non-hydrogen) atoms. The Morgan fingerprint density at radius 1 is 1.24 bits per heavy atom. The SMILES string of the molecule is CCc1nc2c(CCC(F)(F)F)cc(F)cc2n1C(=O)OC(C)(C)C. The molecule has 0 saturated heterocycles. The number of hydrogen-bond donors (Lipinski definition) is 0. The number of aryl methyl sites for hydroxylation is 2. The van der Waals surface area contributed by atoms with E-state index in [-0.39, 0.29) is 16.6 Å². The molecular weight excluding hydrogens is 340 g/mol. The first-order valence-electron chi connectivity index (χ1n) is 7.91. The summed E-state index contributed by atoms with van der Waals surface area (Å²) in [6, 6.07) is 2.11. The predicted molar refractivity (Wildman–Crippen MR) is 85.1 cm³/mol. The molecule has 0 saturated carbocycles. The van der Waals surface area contributed by atoms with Crippen molar-refractivity contribution < 1.29 is 27.1 Å². The molecule has 0 aliphatic rings. The molecule has 1 heterocycles. The number of hydrogen-bond acceptors (Lipinski definition) is 3. The molecule has 1 aromatic heterocycles. The average molecular weight is 360 g/mol. The fraction of sp³-hybridized carbons (Fsp3) is 0.529. The number of benzene rings is 1. The first-order chi connectivity index (χ1) is 11.4. The van der Waals surface area contributed by atoms with E-state index in [2.05, 4.69) is 4.98 Å². The lowest BCUT2D eigenvalue weighted by Crippen LogP contribution is -2.28. The first kappa shape index (κ1) is 19.2. The lowest BCUT2D eigenvalue weighted by atomic mass is 10.1. The monoisotopic (exact) mass is 360 g/mol. The van der Waals surface area contributed by atoms with Crippen LogP contribution in [-0.4, -0.2) is 27.4 Å². The summed E-state index contributed by atoms with van der Waals surface area (Å²) in [7, 11) is 0. The van der Waals surface area contributed by atoms with Crippen LogP contribution in [0, 0.1) is 5.82 Å². The summed E-state index contributed by atoms with van der Waals surface area (Å²) >= 11 is 0. The Balaban J connectivity index is 2.56. The zero-order chi connectivity index (χ0) is 19.0. The van der Waals surface area contributed by atoms with Crippen LogP contribution in [0.4, 0.5) is 22.4 Å². The van der Waals surface area contributed by atoms with Crippen molar-refractivity contribution in [2.75, 3.05) is 0 Å². The van der Waals surface area contributed by atoms with E-state index in [4.69, 9.17) is 4.74 Å². The molecule has 2 aromatic rings. The largest absolute Gasteiger partial charge is 0.443 e. The highest BCUT2D eigenvalue weighted by Gasteiger charge is 2.28. The van der Waals surface area contributed by atoms with Crippen molar-refractivity contribution in [2.24, 2.45) is 0 Å². The molecule has 0 N–H and O–H groups in total. The van der Waals surface area contributed by atoms with Crippen LogP contribution >= 0.6 is 0 Å². The Kier molecular flexibility index (Phi) is 5.11. The van der Waals surface area contributed by atoms with Gasteiger partial charge in [0.2, 0.25) is 0 Å². The lowest BCUT2D eigenvalue weighted by molar-refractivity contribution is -0.133. The van der Waals surface area contributed by atoms with Crippen molar-refractivity contribution in [3.8, 4) is 0 Å². The Hall–Kier alpha value is -2.12. The number of fused-ring (bicyclic) bond motifs is 1. The van der Waals surface area contributed by atoms with Gasteiger partial charge in [-0.25, -0.2) is 18.7 Å². The van der Waals surface area contributed by atoms with Gasteiger partial charge in [-0.3, -0.25) is 0 Å². The number of alkyl halides is 3. The van der Waals surface area contributed by atoms with Crippen molar-refractivity contribution in [3.05, 3.63) is 29.3 Å². The molecule has 0 fully saturated rings. The number of rotatable bonds is 3. The van der Waals surface area contributed by atoms with Gasteiger partial charge in [0.25, 0.3) is 0 Å². The minimum atomic E-state index is -4.36. The Labute approximate surface area is 142 Å². The summed E-state index contributed by atoms with van der Waals surface area (Å²) in [5.74, 6) is -0.417. The van der Waals surface area contributed by atoms with Gasteiger partial charge in [-0.2, -0.15) is 13.2 Å². The summed E-state index contributed by atoms with van der Waals surface area (Å²) < 4.78 is 57.9. The maximum absolute atomic E-state index is 13.9. The van der Waals surface area contributed by atoms with E-state index in [9.17, 15) is 22.4 Å². The van der Waals surface area contributed by atoms with Crippen LogP contribution < -0.4 is 0 Å². The summed E-state index contributed by atoms with van der Waals surface area (Å²) in [6.07, 6.45) is -6.26. The van der Waals surface area contributed by atoms with Gasteiger partial charge < -0.3 is 4.74 Å². The predicted octanol–water partition coefficient (Wildman–Crippen LogP) is 5.02. The number of carbonyl (C=O) groups is 1. The normalized spacial score (nSPS) is 12.6. The second-order valence-electron chi connectivity index (χ2n) is 6.75. The molecule has 4 nitrogen and oxygen atoms in total. The Bertz CT molecular complexity index is 789. The summed E-state index contributed by atoms with van der Waals surface area (Å²) in [5.41, 5.74) is -0.355. The number of carbonyl (C=O) groups excluding carboxylic acids is 1. The van der Waals surface area contributed by atoms with E-state index >= 15 is 0 Å². The van der Waals surface area contributed by atoms with E-state index in [1.165, 1.54) is 0 Å². The van der Waals surface area contributed by atoms with Gasteiger partial charge in [-0.15, -0.1) is 0 Å². The van der Waals surface area contributed by atoms with Crippen LogP contribution in [-0.2, 0) is 17.6 Å². The fourth-order valence-electron chi connectivity index (χ4n) is 2.47. The molecule has 2 rings (SSSR count). The zero-order valence-corrected chi connectivity index (χ0v) is 14.5. The van der Waals surface area contributed by atoms with Crippen LogP contribution in [0.2, 0.25) is 0 Å². The molecule has 0 radical (unpaired) electrons. The second-order valence-corrected chi connectivity index (χ2v) is 6.75. The summed E-state index contributed by atoms with van der Waals surface area (Å²) in [4.78, 5) is 16.7. The third-order valence-corrected chi connectivity index (χ3v) is 3.44. The van der Waals surface area contributed by atoms with Gasteiger partial charge in [0.05, 0.1) is 11.0 Å². The second kappa shape index (κ2) is 6.65. The molecule has 0 bridgehead atoms. The third kappa shape index (κ3) is 4.70. The van der Waals surface area contributed by atoms with Gasteiger partial charge in [0.15, 0.2) is 0 Å². The van der Waals surface area contributed by atoms with Gasteiger partial charge in [-0.05, 0) is 38.8 Å². The molecule has 0 aliphatic carbocycles. The van der Waals surface area contributed by atoms with Crippen molar-refractivity contribution in [2.45, 2.75) is 58.7 Å². The third-order valence-electron chi connectivity index (χ3n) is 3.44. The topological polar surface area (TPSA) is 44.1 Å². The van der Waals surface area contributed by atoms with Crippen LogP contribution in [0.3, 0.4) is 0 Å². The highest BCUT2D eigenvalue weighted by atomic mass is 19.4. The average Bonchev–Trinajstić information content (AvgIpc) is 2.80. The van der Waals surface area contributed by atoms with E-state index in [1.807, 2.05) is 0 Å². The molecule has 0 spiro atoms. The van der Waals surface area contributed by atoms with E-state index < -0.39 is 36.5 Å². The maximum Gasteiger partial charge on any atom is 0.420 e. The Morgan fingerprint density at radius 2 is 1.88 bits per heavy atom. The number of imidazole rings is 1. The molecule has 138 valence electrons. The number of aromatic nitrogens is 2. The molecule has 1 aromatic carbocycles. The van der Waals surface area contributed by atoms with Crippen LogP contribution in [0.1, 0.15) is 45.5 Å². The minimum absolute atomic E-state index is 0.114. The molecule has 0 aliphatic heterocycles. The van der Waals surface area contributed by atoms with Crippen molar-refractivity contribution in [1.29, 1.82) is 0 Å². The van der Waals surface area contributed by atoms with Crippen molar-refractivity contribution in [1.82, 2.24) is 9.55 Å². The highest BCUT2D eigenvalue weighted by molar-refractivity contribution is 5.89. The highest BCUT2D eigenvalue weighted by Crippen LogP contribution is 2.28. The van der Waals surface area contributed by atoms with Crippen LogP contribution in [0.25, 0.3) is 11.0 Å². The van der Waals surface area contributed by atoms with Gasteiger partial charge in [0.1, 0.15) is 17.2 Å². The van der Waals surface area contributed by atoms with E-state index in [0.29, 0.717) is 12.2 Å². The molecular formula is C17H20F4N2O2. The van der Waals surface area contributed by atoms with Crippen LogP contribution in [0.15, 0.2) is 12.1 Å². The number of nitrogens with zero attached hydrogens (tertiary/aromatic N) is 2. The first-order valence-corrected chi connectivity index (χ1v) is 7.91. The summed E-state index contributed by atoms with van der Waals surface area (Å²) in [6.45, 7) is 6.80. The van der Waals surface area contributed by atoms with E-state index in [0.717, 1.165) is 16.7 Å². The van der Waals surface area contributed by atoms with Crippen LogP contribution in [0.5, 0.6) is 0 Å². The van der Waals surface area contributed by atoms with Gasteiger partial charge >= 0.3 is 12.3 Å². The maximum atomic E-state index is 13.9. The number of halogens is 4.